The van der Waals surface area contributed by atoms with Gasteiger partial charge in [-0.15, -0.1) is 12.3 Å². The molecule has 1 heterocycles. The zero-order valence-corrected chi connectivity index (χ0v) is 9.86. The molecule has 0 bridgehead atoms. The molecule has 1 aromatic rings. The zero-order valence-electron chi connectivity index (χ0n) is 9.86. The maximum Gasteiger partial charge on any atom is 0.268 e. The van der Waals surface area contributed by atoms with Gasteiger partial charge in [0.25, 0.3) is 5.91 Å². The summed E-state index contributed by atoms with van der Waals surface area (Å²) in [4.78, 5) is 11.9. The largest absolute Gasteiger partial charge is 0.347 e. The van der Waals surface area contributed by atoms with Crippen LogP contribution in [0, 0.1) is 12.3 Å². The second-order valence-electron chi connectivity index (χ2n) is 3.87. The Kier molecular flexibility index (Phi) is 4.65. The number of rotatable bonds is 5. The fraction of sp³-hybridized carbons (Fsp3) is 0.462. The monoisotopic (exact) mass is 218 g/mol. The SMILES string of the molecule is C#CCC(C)NC(=O)c1cccn1CCC. The minimum atomic E-state index is -0.0544. The van der Waals surface area contributed by atoms with Crippen molar-refractivity contribution >= 4 is 5.91 Å². The molecule has 86 valence electrons. The molecule has 0 saturated carbocycles. The van der Waals surface area contributed by atoms with Crippen molar-refractivity contribution in [2.45, 2.75) is 39.3 Å². The summed E-state index contributed by atoms with van der Waals surface area (Å²) >= 11 is 0. The molecule has 3 nitrogen and oxygen atoms in total. The Bertz CT molecular complexity index is 387. The second kappa shape index (κ2) is 6.02. The second-order valence-corrected chi connectivity index (χ2v) is 3.87. The van der Waals surface area contributed by atoms with Crippen LogP contribution in [0.1, 0.15) is 37.2 Å². The van der Waals surface area contributed by atoms with E-state index in [1.54, 1.807) is 0 Å². The lowest BCUT2D eigenvalue weighted by molar-refractivity contribution is 0.0931. The van der Waals surface area contributed by atoms with Crippen LogP contribution in [0.5, 0.6) is 0 Å². The zero-order chi connectivity index (χ0) is 12.0. The van der Waals surface area contributed by atoms with E-state index >= 15 is 0 Å². The third-order valence-electron chi connectivity index (χ3n) is 2.33. The van der Waals surface area contributed by atoms with Crippen molar-refractivity contribution in [1.82, 2.24) is 9.88 Å². The van der Waals surface area contributed by atoms with Gasteiger partial charge in [-0.1, -0.05) is 6.92 Å². The molecule has 1 aromatic heterocycles. The van der Waals surface area contributed by atoms with Crippen LogP contribution >= 0.6 is 0 Å². The van der Waals surface area contributed by atoms with Gasteiger partial charge in [-0.2, -0.15) is 0 Å². The molecule has 1 rings (SSSR count). The standard InChI is InChI=1S/C13H18N2O/c1-4-7-11(3)14-13(16)12-8-6-10-15(12)9-5-2/h1,6,8,10-11H,5,7,9H2,2-3H3,(H,14,16). The predicted octanol–water partition coefficient (Wildman–Crippen LogP) is 2.04. The highest BCUT2D eigenvalue weighted by Gasteiger charge is 2.12. The van der Waals surface area contributed by atoms with Crippen molar-refractivity contribution < 1.29 is 4.79 Å². The lowest BCUT2D eigenvalue weighted by Crippen LogP contribution is -2.33. The molecule has 1 amide bonds. The molecule has 1 unspecified atom stereocenters. The Morgan fingerprint density at radius 3 is 3.06 bits per heavy atom. The van der Waals surface area contributed by atoms with Crippen molar-refractivity contribution in [1.29, 1.82) is 0 Å². The summed E-state index contributed by atoms with van der Waals surface area (Å²) < 4.78 is 1.96. The number of amides is 1. The van der Waals surface area contributed by atoms with Crippen LogP contribution in [-0.4, -0.2) is 16.5 Å². The minimum absolute atomic E-state index is 0.0162. The van der Waals surface area contributed by atoms with E-state index in [1.165, 1.54) is 0 Å². The highest BCUT2D eigenvalue weighted by atomic mass is 16.2. The highest BCUT2D eigenvalue weighted by molar-refractivity contribution is 5.92. The highest BCUT2D eigenvalue weighted by Crippen LogP contribution is 2.04. The lowest BCUT2D eigenvalue weighted by Gasteiger charge is -2.12. The third kappa shape index (κ3) is 3.16. The van der Waals surface area contributed by atoms with E-state index in [0.29, 0.717) is 12.1 Å². The van der Waals surface area contributed by atoms with E-state index < -0.39 is 0 Å². The smallest absolute Gasteiger partial charge is 0.268 e. The summed E-state index contributed by atoms with van der Waals surface area (Å²) in [5.74, 6) is 2.48. The Morgan fingerprint density at radius 2 is 2.44 bits per heavy atom. The van der Waals surface area contributed by atoms with Gasteiger partial charge in [0, 0.05) is 25.2 Å². The van der Waals surface area contributed by atoms with E-state index in [1.807, 2.05) is 29.8 Å². The average Bonchev–Trinajstić information content (AvgIpc) is 2.66. The number of hydrogen-bond acceptors (Lipinski definition) is 1. The number of nitrogens with zero attached hydrogens (tertiary/aromatic N) is 1. The summed E-state index contributed by atoms with van der Waals surface area (Å²) in [5.41, 5.74) is 0.700. The van der Waals surface area contributed by atoms with Gasteiger partial charge in [-0.3, -0.25) is 4.79 Å². The molecule has 0 saturated heterocycles. The van der Waals surface area contributed by atoms with E-state index in [0.717, 1.165) is 13.0 Å². The summed E-state index contributed by atoms with van der Waals surface area (Å²) in [5, 5.41) is 2.88. The summed E-state index contributed by atoms with van der Waals surface area (Å²) in [6.07, 6.45) is 8.68. The quantitative estimate of drug-likeness (QED) is 0.754. The molecule has 1 atom stereocenters. The molecule has 3 heteroatoms. The molecule has 1 N–H and O–H groups in total. The first-order chi connectivity index (χ1) is 7.69. The van der Waals surface area contributed by atoms with E-state index in [9.17, 15) is 4.79 Å². The molecule has 0 radical (unpaired) electrons. The fourth-order valence-corrected chi connectivity index (χ4v) is 1.58. The van der Waals surface area contributed by atoms with Gasteiger partial charge in [-0.25, -0.2) is 0 Å². The number of aromatic nitrogens is 1. The number of carbonyl (C=O) groups excluding carboxylic acids is 1. The molecule has 0 aliphatic heterocycles. The average molecular weight is 218 g/mol. The lowest BCUT2D eigenvalue weighted by atomic mass is 10.2. The van der Waals surface area contributed by atoms with Gasteiger partial charge in [0.15, 0.2) is 0 Å². The Morgan fingerprint density at radius 1 is 1.69 bits per heavy atom. The van der Waals surface area contributed by atoms with Gasteiger partial charge >= 0.3 is 0 Å². The maximum absolute atomic E-state index is 11.9. The molecule has 0 spiro atoms. The van der Waals surface area contributed by atoms with Gasteiger partial charge in [0.2, 0.25) is 0 Å². The van der Waals surface area contributed by atoms with E-state index in [2.05, 4.69) is 18.2 Å². The van der Waals surface area contributed by atoms with Gasteiger partial charge in [-0.05, 0) is 25.5 Å². The number of nitrogens with one attached hydrogen (secondary N) is 1. The van der Waals surface area contributed by atoms with E-state index in [-0.39, 0.29) is 11.9 Å². The molecule has 0 fully saturated rings. The fourth-order valence-electron chi connectivity index (χ4n) is 1.58. The van der Waals surface area contributed by atoms with Crippen molar-refractivity contribution in [3.63, 3.8) is 0 Å². The van der Waals surface area contributed by atoms with Crippen LogP contribution in [0.15, 0.2) is 18.3 Å². The van der Waals surface area contributed by atoms with Crippen LogP contribution in [0.25, 0.3) is 0 Å². The Hall–Kier alpha value is -1.69. The number of terminal acetylenes is 1. The number of hydrogen-bond donors (Lipinski definition) is 1. The Labute approximate surface area is 96.8 Å². The van der Waals surface area contributed by atoms with Crippen molar-refractivity contribution in [2.24, 2.45) is 0 Å². The molecule has 0 aliphatic rings. The summed E-state index contributed by atoms with van der Waals surface area (Å²) in [7, 11) is 0. The maximum atomic E-state index is 11.9. The number of aryl methyl sites for hydroxylation is 1. The normalized spacial score (nSPS) is 11.8. The van der Waals surface area contributed by atoms with Crippen molar-refractivity contribution in [3.05, 3.63) is 24.0 Å². The summed E-state index contributed by atoms with van der Waals surface area (Å²) in [6.45, 7) is 4.85. The Balaban J connectivity index is 2.66. The van der Waals surface area contributed by atoms with Crippen LogP contribution in [0.3, 0.4) is 0 Å². The van der Waals surface area contributed by atoms with Crippen LogP contribution in [0.4, 0.5) is 0 Å². The first-order valence-corrected chi connectivity index (χ1v) is 5.58. The molecule has 0 aliphatic carbocycles. The summed E-state index contributed by atoms with van der Waals surface area (Å²) in [6, 6.07) is 3.73. The molecular formula is C13H18N2O. The number of carbonyl (C=O) groups is 1. The van der Waals surface area contributed by atoms with E-state index in [4.69, 9.17) is 6.42 Å². The minimum Gasteiger partial charge on any atom is -0.347 e. The van der Waals surface area contributed by atoms with Crippen LogP contribution in [0.2, 0.25) is 0 Å². The van der Waals surface area contributed by atoms with Crippen molar-refractivity contribution in [2.75, 3.05) is 0 Å². The van der Waals surface area contributed by atoms with Gasteiger partial charge in [0.05, 0.1) is 0 Å². The molecule has 0 aromatic carbocycles. The topological polar surface area (TPSA) is 34.0 Å². The third-order valence-corrected chi connectivity index (χ3v) is 2.33. The first kappa shape index (κ1) is 12.4. The molecule has 16 heavy (non-hydrogen) atoms. The van der Waals surface area contributed by atoms with Gasteiger partial charge < -0.3 is 9.88 Å². The molecular weight excluding hydrogens is 200 g/mol. The van der Waals surface area contributed by atoms with Crippen LogP contribution < -0.4 is 5.32 Å². The van der Waals surface area contributed by atoms with Gasteiger partial charge in [0.1, 0.15) is 5.69 Å². The predicted molar refractivity (Wildman–Crippen MR) is 65.1 cm³/mol. The van der Waals surface area contributed by atoms with Crippen molar-refractivity contribution in [3.8, 4) is 12.3 Å². The van der Waals surface area contributed by atoms with Crippen LogP contribution in [-0.2, 0) is 6.54 Å². The first-order valence-electron chi connectivity index (χ1n) is 5.58.